The molecule has 1 aromatic carbocycles. The van der Waals surface area contributed by atoms with Gasteiger partial charge < -0.3 is 19.8 Å². The molecule has 0 amide bonds. The van der Waals surface area contributed by atoms with E-state index in [0.717, 1.165) is 0 Å². The third kappa shape index (κ3) is 5.02. The van der Waals surface area contributed by atoms with Crippen LogP contribution in [0.25, 0.3) is 0 Å². The molecule has 0 aliphatic rings. The zero-order valence-electron chi connectivity index (χ0n) is 11.6. The fraction of sp³-hybridized carbons (Fsp3) is 0.385. The summed E-state index contributed by atoms with van der Waals surface area (Å²) in [6.45, 7) is 1.86. The Labute approximate surface area is 167 Å². The molecule has 0 aliphatic carbocycles. The minimum atomic E-state index is -2.04. The normalized spacial score (nSPS) is 9.95. The first kappa shape index (κ1) is 21.7. The second-order valence-electron chi connectivity index (χ2n) is 3.95. The largest absolute Gasteiger partial charge is 1.00 e. The molecule has 6 heteroatoms. The average Bonchev–Trinajstić information content (AvgIpc) is 2.30. The Hall–Kier alpha value is 0.394. The number of unbranched alkanes of at least 4 members (excludes halogenated alkanes) is 1. The van der Waals surface area contributed by atoms with E-state index in [1.54, 1.807) is 18.2 Å². The van der Waals surface area contributed by atoms with Gasteiger partial charge in [0.2, 0.25) is 0 Å². The maximum atomic E-state index is 11.2. The van der Waals surface area contributed by atoms with Crippen LogP contribution in [0.2, 0.25) is 0 Å². The van der Waals surface area contributed by atoms with E-state index in [0.29, 0.717) is 12.8 Å². The molecule has 0 saturated heterocycles. The van der Waals surface area contributed by atoms with Gasteiger partial charge in [-0.2, -0.15) is 0 Å². The summed E-state index contributed by atoms with van der Waals surface area (Å²) in [6, 6.07) is 7.84. The number of hydrogen-bond acceptors (Lipinski definition) is 4. The molecule has 1 rings (SSSR count). The molecule has 0 fully saturated rings. The van der Waals surface area contributed by atoms with Crippen LogP contribution in [0.3, 0.4) is 0 Å². The molecular formula is C13H14KLiO4. The van der Waals surface area contributed by atoms with Gasteiger partial charge in [-0.15, -0.1) is 0 Å². The summed E-state index contributed by atoms with van der Waals surface area (Å²) < 4.78 is 0. The van der Waals surface area contributed by atoms with Crippen molar-refractivity contribution >= 4 is 11.9 Å². The van der Waals surface area contributed by atoms with Gasteiger partial charge in [0.25, 0.3) is 0 Å². The summed E-state index contributed by atoms with van der Waals surface area (Å²) in [5.41, 5.74) is -1.84. The summed E-state index contributed by atoms with van der Waals surface area (Å²) in [6.07, 6.45) is 1.17. The van der Waals surface area contributed by atoms with Crippen LogP contribution >= 0.6 is 0 Å². The van der Waals surface area contributed by atoms with Gasteiger partial charge in [0.15, 0.2) is 0 Å². The third-order valence-electron chi connectivity index (χ3n) is 2.87. The molecule has 0 N–H and O–H groups in total. The second-order valence-corrected chi connectivity index (χ2v) is 3.95. The maximum Gasteiger partial charge on any atom is 1.00 e. The Morgan fingerprint density at radius 1 is 1.11 bits per heavy atom. The first-order chi connectivity index (χ1) is 8.05. The van der Waals surface area contributed by atoms with Crippen LogP contribution in [0.15, 0.2) is 30.3 Å². The molecule has 1 aromatic rings. The predicted molar refractivity (Wildman–Crippen MR) is 57.7 cm³/mol. The SMILES string of the molecule is CCCCC(C(=O)[O-])(C(=O)[O-])c1ccccc1.[K+].[Li+]. The fourth-order valence-electron chi connectivity index (χ4n) is 1.83. The molecular weight excluding hydrogens is 266 g/mol. The number of aliphatic carboxylic acids is 2. The van der Waals surface area contributed by atoms with E-state index in [-0.39, 0.29) is 82.2 Å². The molecule has 0 atom stereocenters. The first-order valence-electron chi connectivity index (χ1n) is 5.54. The number of carbonyl (C=O) groups excluding carboxylic acids is 2. The number of carboxylic acid groups (broad SMARTS) is 2. The molecule has 0 radical (unpaired) electrons. The molecule has 0 saturated carbocycles. The Morgan fingerprint density at radius 3 is 1.95 bits per heavy atom. The van der Waals surface area contributed by atoms with Crippen LogP contribution in [-0.4, -0.2) is 11.9 Å². The number of benzene rings is 1. The van der Waals surface area contributed by atoms with Gasteiger partial charge in [-0.05, 0) is 12.0 Å². The second kappa shape index (κ2) is 10.2. The molecule has 0 heterocycles. The van der Waals surface area contributed by atoms with Crippen molar-refractivity contribution in [3.05, 3.63) is 35.9 Å². The fourth-order valence-corrected chi connectivity index (χ4v) is 1.83. The molecule has 0 aliphatic heterocycles. The maximum absolute atomic E-state index is 11.2. The number of carbonyl (C=O) groups is 2. The topological polar surface area (TPSA) is 80.3 Å². The van der Waals surface area contributed by atoms with Crippen molar-refractivity contribution in [2.75, 3.05) is 0 Å². The van der Waals surface area contributed by atoms with Crippen molar-refractivity contribution in [1.82, 2.24) is 0 Å². The molecule has 0 spiro atoms. The third-order valence-corrected chi connectivity index (χ3v) is 2.87. The van der Waals surface area contributed by atoms with Crippen LogP contribution in [-0.2, 0) is 15.0 Å². The Balaban J connectivity index is 0. The summed E-state index contributed by atoms with van der Waals surface area (Å²) in [4.78, 5) is 22.5. The van der Waals surface area contributed by atoms with Crippen molar-refractivity contribution in [1.29, 1.82) is 0 Å². The van der Waals surface area contributed by atoms with E-state index in [4.69, 9.17) is 0 Å². The predicted octanol–water partition coefficient (Wildman–Crippen LogP) is -6.38. The van der Waals surface area contributed by atoms with Crippen molar-refractivity contribution in [2.24, 2.45) is 0 Å². The van der Waals surface area contributed by atoms with Crippen LogP contribution in [0.4, 0.5) is 0 Å². The van der Waals surface area contributed by atoms with Crippen LogP contribution in [0, 0.1) is 0 Å². The van der Waals surface area contributed by atoms with Gasteiger partial charge in [0.05, 0.1) is 17.4 Å². The monoisotopic (exact) mass is 280 g/mol. The first-order valence-corrected chi connectivity index (χ1v) is 5.54. The van der Waals surface area contributed by atoms with Gasteiger partial charge in [-0.1, -0.05) is 50.1 Å². The number of carboxylic acids is 2. The van der Waals surface area contributed by atoms with E-state index in [1.165, 1.54) is 12.1 Å². The summed E-state index contributed by atoms with van der Waals surface area (Å²) in [5, 5.41) is 22.5. The van der Waals surface area contributed by atoms with E-state index < -0.39 is 17.4 Å². The number of rotatable bonds is 6. The van der Waals surface area contributed by atoms with Gasteiger partial charge in [-0.25, -0.2) is 0 Å². The minimum absolute atomic E-state index is 0. The quantitative estimate of drug-likeness (QED) is 0.383. The Morgan fingerprint density at radius 2 is 1.58 bits per heavy atom. The van der Waals surface area contributed by atoms with Gasteiger partial charge in [0.1, 0.15) is 0 Å². The summed E-state index contributed by atoms with van der Waals surface area (Å²) in [7, 11) is 0. The molecule has 19 heavy (non-hydrogen) atoms. The smallest absolute Gasteiger partial charge is 0.549 e. The number of hydrogen-bond donors (Lipinski definition) is 0. The molecule has 0 bridgehead atoms. The van der Waals surface area contributed by atoms with E-state index in [1.807, 2.05) is 6.92 Å². The molecule has 0 unspecified atom stereocenters. The van der Waals surface area contributed by atoms with Crippen molar-refractivity contribution < 1.29 is 90.0 Å². The van der Waals surface area contributed by atoms with E-state index in [9.17, 15) is 19.8 Å². The molecule has 0 aromatic heterocycles. The van der Waals surface area contributed by atoms with Crippen LogP contribution in [0.5, 0.6) is 0 Å². The van der Waals surface area contributed by atoms with Gasteiger partial charge >= 0.3 is 70.2 Å². The molecule has 4 nitrogen and oxygen atoms in total. The minimum Gasteiger partial charge on any atom is -0.549 e. The zero-order chi connectivity index (χ0) is 12.9. The van der Waals surface area contributed by atoms with Gasteiger partial charge in [-0.3, -0.25) is 0 Å². The van der Waals surface area contributed by atoms with Crippen molar-refractivity contribution in [2.45, 2.75) is 31.6 Å². The van der Waals surface area contributed by atoms with Crippen LogP contribution < -0.4 is 80.5 Å². The zero-order valence-corrected chi connectivity index (χ0v) is 14.8. The van der Waals surface area contributed by atoms with Crippen molar-refractivity contribution in [3.8, 4) is 0 Å². The summed E-state index contributed by atoms with van der Waals surface area (Å²) in [5.74, 6) is -3.23. The Kier molecular flexibility index (Phi) is 11.6. The Bertz CT molecular complexity index is 394. The van der Waals surface area contributed by atoms with E-state index in [2.05, 4.69) is 0 Å². The molecule has 92 valence electrons. The average molecular weight is 280 g/mol. The summed E-state index contributed by atoms with van der Waals surface area (Å²) >= 11 is 0. The van der Waals surface area contributed by atoms with E-state index >= 15 is 0 Å². The standard InChI is InChI=1S/C13H16O4.K.Li/c1-2-3-9-13(11(14)15,12(16)17)10-7-5-4-6-8-10;;/h4-8H,2-3,9H2,1H3,(H,14,15)(H,16,17);;/q;2*+1/p-2. The van der Waals surface area contributed by atoms with Gasteiger partial charge in [0, 0.05) is 0 Å². The van der Waals surface area contributed by atoms with Crippen molar-refractivity contribution in [3.63, 3.8) is 0 Å². The van der Waals surface area contributed by atoms with Crippen LogP contribution in [0.1, 0.15) is 31.7 Å².